The minimum atomic E-state index is 0.134. The van der Waals surface area contributed by atoms with Crippen molar-refractivity contribution in [3.63, 3.8) is 0 Å². The second-order valence-corrected chi connectivity index (χ2v) is 1.41. The Balaban J connectivity index is 2.92. The van der Waals surface area contributed by atoms with Crippen molar-refractivity contribution in [2.45, 2.75) is 13.8 Å². The lowest BCUT2D eigenvalue weighted by atomic mass is 10.9. The van der Waals surface area contributed by atoms with Gasteiger partial charge >= 0.3 is 5.75 Å². The topological polar surface area (TPSA) is 18.5 Å². The quantitative estimate of drug-likeness (QED) is 0.588. The first-order chi connectivity index (χ1) is 3.81. The van der Waals surface area contributed by atoms with E-state index in [0.29, 0.717) is 13.2 Å². The van der Waals surface area contributed by atoms with Crippen LogP contribution >= 0.6 is 11.6 Å². The molecule has 0 saturated carbocycles. The molecule has 1 radical (unpaired) electrons. The molecular formula is C5H10ClO2. The van der Waals surface area contributed by atoms with Crippen LogP contribution in [-0.2, 0) is 9.47 Å². The summed E-state index contributed by atoms with van der Waals surface area (Å²) in [5, 5.41) is 0. The van der Waals surface area contributed by atoms with Crippen molar-refractivity contribution in [2.24, 2.45) is 0 Å². The van der Waals surface area contributed by atoms with E-state index in [2.05, 4.69) is 0 Å². The van der Waals surface area contributed by atoms with E-state index in [1.807, 2.05) is 13.8 Å². The standard InChI is InChI=1S/C5H10ClO2/c1-3-7-5(6)8-4-2/h3-4H2,1-2H3. The third-order valence-electron chi connectivity index (χ3n) is 0.516. The SMILES string of the molecule is CCO[C](Cl)OCC. The van der Waals surface area contributed by atoms with E-state index in [9.17, 15) is 0 Å². The fraction of sp³-hybridized carbons (Fsp3) is 0.800. The number of hydrogen-bond donors (Lipinski definition) is 0. The van der Waals surface area contributed by atoms with Crippen LogP contribution < -0.4 is 0 Å². The second-order valence-electron chi connectivity index (χ2n) is 1.10. The van der Waals surface area contributed by atoms with Gasteiger partial charge in [-0.1, -0.05) is 0 Å². The predicted molar refractivity (Wildman–Crippen MR) is 32.3 cm³/mol. The highest BCUT2D eigenvalue weighted by Gasteiger charge is 2.01. The Hall–Kier alpha value is 0.210. The molecule has 0 aliphatic carbocycles. The summed E-state index contributed by atoms with van der Waals surface area (Å²) in [6, 6.07) is 0. The number of ether oxygens (including phenoxy) is 2. The summed E-state index contributed by atoms with van der Waals surface area (Å²) in [4.78, 5) is 0. The minimum Gasteiger partial charge on any atom is -0.332 e. The number of halogens is 1. The summed E-state index contributed by atoms with van der Waals surface area (Å²) >= 11 is 5.35. The van der Waals surface area contributed by atoms with Crippen LogP contribution in [0.4, 0.5) is 0 Å². The van der Waals surface area contributed by atoms with E-state index in [1.54, 1.807) is 0 Å². The van der Waals surface area contributed by atoms with E-state index in [1.165, 1.54) is 0 Å². The molecule has 0 unspecified atom stereocenters. The van der Waals surface area contributed by atoms with Gasteiger partial charge in [0.15, 0.2) is 0 Å². The molecule has 49 valence electrons. The maximum atomic E-state index is 5.35. The van der Waals surface area contributed by atoms with E-state index in [0.717, 1.165) is 0 Å². The van der Waals surface area contributed by atoms with Crippen molar-refractivity contribution in [1.29, 1.82) is 0 Å². The van der Waals surface area contributed by atoms with E-state index in [-0.39, 0.29) is 5.75 Å². The Labute approximate surface area is 54.7 Å². The van der Waals surface area contributed by atoms with Crippen LogP contribution in [0.3, 0.4) is 0 Å². The lowest BCUT2D eigenvalue weighted by molar-refractivity contribution is 0.00734. The van der Waals surface area contributed by atoms with Crippen LogP contribution in [0.25, 0.3) is 0 Å². The van der Waals surface area contributed by atoms with Crippen molar-refractivity contribution in [2.75, 3.05) is 13.2 Å². The largest absolute Gasteiger partial charge is 0.332 e. The molecule has 0 aliphatic rings. The smallest absolute Gasteiger partial charge is 0.321 e. The van der Waals surface area contributed by atoms with E-state index >= 15 is 0 Å². The van der Waals surface area contributed by atoms with Crippen LogP contribution in [0.5, 0.6) is 0 Å². The zero-order valence-electron chi connectivity index (χ0n) is 5.11. The molecule has 0 rings (SSSR count). The maximum Gasteiger partial charge on any atom is 0.321 e. The molecule has 0 aliphatic heterocycles. The van der Waals surface area contributed by atoms with Crippen molar-refractivity contribution in [1.82, 2.24) is 0 Å². The van der Waals surface area contributed by atoms with Gasteiger partial charge in [0.25, 0.3) is 0 Å². The Morgan fingerprint density at radius 2 is 1.62 bits per heavy atom. The average Bonchev–Trinajstić information content (AvgIpc) is 1.68. The summed E-state index contributed by atoms with van der Waals surface area (Å²) in [7, 11) is 0. The van der Waals surface area contributed by atoms with Gasteiger partial charge in [0, 0.05) is 13.2 Å². The molecule has 0 amide bonds. The minimum absolute atomic E-state index is 0.134. The average molecular weight is 138 g/mol. The fourth-order valence-electron chi connectivity index (χ4n) is 0.269. The molecule has 0 heterocycles. The van der Waals surface area contributed by atoms with Gasteiger partial charge in [0.2, 0.25) is 0 Å². The van der Waals surface area contributed by atoms with Gasteiger partial charge in [-0.2, -0.15) is 0 Å². The first-order valence-corrected chi connectivity index (χ1v) is 2.97. The molecule has 3 heteroatoms. The molecule has 0 fully saturated rings. The van der Waals surface area contributed by atoms with Gasteiger partial charge in [-0.3, -0.25) is 0 Å². The van der Waals surface area contributed by atoms with Gasteiger partial charge in [-0.25, -0.2) is 0 Å². The fourth-order valence-corrected chi connectivity index (χ4v) is 0.487. The lowest BCUT2D eigenvalue weighted by Gasteiger charge is -2.04. The summed E-state index contributed by atoms with van der Waals surface area (Å²) < 4.78 is 9.48. The van der Waals surface area contributed by atoms with Crippen LogP contribution in [0.2, 0.25) is 0 Å². The Kier molecular flexibility index (Phi) is 5.49. The van der Waals surface area contributed by atoms with Gasteiger partial charge in [-0.15, -0.1) is 0 Å². The zero-order chi connectivity index (χ0) is 6.41. The van der Waals surface area contributed by atoms with Crippen LogP contribution in [0.15, 0.2) is 0 Å². The molecule has 0 aromatic rings. The van der Waals surface area contributed by atoms with Gasteiger partial charge in [-0.05, 0) is 25.4 Å². The molecule has 0 N–H and O–H groups in total. The highest BCUT2D eigenvalue weighted by molar-refractivity contribution is 6.24. The Morgan fingerprint density at radius 3 is 1.88 bits per heavy atom. The molecule has 2 nitrogen and oxygen atoms in total. The van der Waals surface area contributed by atoms with Crippen LogP contribution in [-0.4, -0.2) is 13.2 Å². The van der Waals surface area contributed by atoms with E-state index < -0.39 is 0 Å². The second kappa shape index (κ2) is 5.35. The van der Waals surface area contributed by atoms with Crippen molar-refractivity contribution in [3.05, 3.63) is 5.75 Å². The molecular weight excluding hydrogens is 128 g/mol. The summed E-state index contributed by atoms with van der Waals surface area (Å²) in [6.07, 6.45) is 0. The first-order valence-electron chi connectivity index (χ1n) is 2.59. The van der Waals surface area contributed by atoms with Crippen molar-refractivity contribution in [3.8, 4) is 0 Å². The molecule has 0 spiro atoms. The van der Waals surface area contributed by atoms with Crippen LogP contribution in [0, 0.1) is 5.75 Å². The zero-order valence-corrected chi connectivity index (χ0v) is 5.86. The lowest BCUT2D eigenvalue weighted by Crippen LogP contribution is -2.00. The van der Waals surface area contributed by atoms with Crippen molar-refractivity contribution < 1.29 is 9.47 Å². The Morgan fingerprint density at radius 1 is 1.25 bits per heavy atom. The normalized spacial score (nSPS) is 10.5. The number of rotatable bonds is 4. The van der Waals surface area contributed by atoms with Gasteiger partial charge in [0.05, 0.1) is 0 Å². The summed E-state index contributed by atoms with van der Waals surface area (Å²) in [6.45, 7) is 4.81. The predicted octanol–water partition coefficient (Wildman–Crippen LogP) is 1.75. The summed E-state index contributed by atoms with van der Waals surface area (Å²) in [5.41, 5.74) is 0. The maximum absolute atomic E-state index is 5.35. The third kappa shape index (κ3) is 4.37. The molecule has 0 bridgehead atoms. The van der Waals surface area contributed by atoms with E-state index in [4.69, 9.17) is 21.1 Å². The molecule has 0 saturated heterocycles. The van der Waals surface area contributed by atoms with Crippen molar-refractivity contribution >= 4 is 11.6 Å². The highest BCUT2D eigenvalue weighted by atomic mass is 35.5. The molecule has 0 atom stereocenters. The molecule has 8 heavy (non-hydrogen) atoms. The third-order valence-corrected chi connectivity index (χ3v) is 0.734. The van der Waals surface area contributed by atoms with Gasteiger partial charge in [0.1, 0.15) is 0 Å². The molecule has 0 aromatic carbocycles. The van der Waals surface area contributed by atoms with Crippen LogP contribution in [0.1, 0.15) is 13.8 Å². The molecule has 0 aromatic heterocycles. The summed E-state index contributed by atoms with van der Waals surface area (Å²) in [5.74, 6) is 0.134. The number of hydrogen-bond acceptors (Lipinski definition) is 2. The monoisotopic (exact) mass is 137 g/mol. The van der Waals surface area contributed by atoms with Gasteiger partial charge < -0.3 is 9.47 Å². The first kappa shape index (κ1) is 8.21. The highest BCUT2D eigenvalue weighted by Crippen LogP contribution is 2.08. The Bertz CT molecular complexity index is 43.7.